The minimum atomic E-state index is -0.322. The third kappa shape index (κ3) is 5.57. The zero-order chi connectivity index (χ0) is 38.2. The average molecular weight is 693 g/mol. The lowest BCUT2D eigenvalue weighted by Gasteiger charge is -2.44. The summed E-state index contributed by atoms with van der Waals surface area (Å²) < 4.78 is 0. The molecule has 4 aliphatic rings. The van der Waals surface area contributed by atoms with Crippen molar-refractivity contribution >= 4 is 22.7 Å². The van der Waals surface area contributed by atoms with Gasteiger partial charge in [0.05, 0.1) is 11.1 Å². The monoisotopic (exact) mass is 693 g/mol. The Bertz CT molecular complexity index is 2060. The van der Waals surface area contributed by atoms with Gasteiger partial charge in [0.1, 0.15) is 0 Å². The van der Waals surface area contributed by atoms with Crippen LogP contribution in [0.25, 0.3) is 0 Å². The van der Waals surface area contributed by atoms with Gasteiger partial charge in [-0.3, -0.25) is 0 Å². The van der Waals surface area contributed by atoms with E-state index < -0.39 is 0 Å². The standard InChI is InChI=1S/C50H64N2/c1-32-25-36(44(5,6)7)26-33(2)42(32)51(48(14)22-21-47(13)29-38(47)30-48)39-17-19-40(20-18-39)52(43-34(3)27-37(28-35(43)4)45(8,9)10)49(15)23-24-50(16)41(31-49)46(50,11)12/h17-28,30-31H,29H2,1-16H3. The number of benzene rings is 3. The van der Waals surface area contributed by atoms with E-state index in [1.54, 1.807) is 11.1 Å². The first-order valence-corrected chi connectivity index (χ1v) is 19.7. The lowest BCUT2D eigenvalue weighted by Crippen LogP contribution is -2.43. The zero-order valence-corrected chi connectivity index (χ0v) is 35.2. The van der Waals surface area contributed by atoms with Crippen LogP contribution < -0.4 is 9.80 Å². The van der Waals surface area contributed by atoms with Crippen LogP contribution in [0.15, 0.2) is 96.1 Å². The first kappa shape index (κ1) is 36.6. The maximum atomic E-state index is 2.62. The van der Waals surface area contributed by atoms with Crippen LogP contribution in [-0.2, 0) is 10.8 Å². The molecule has 2 fully saturated rings. The molecule has 0 spiro atoms. The Morgan fingerprint density at radius 1 is 0.519 bits per heavy atom. The first-order valence-electron chi connectivity index (χ1n) is 19.7. The molecule has 0 heterocycles. The second-order valence-electron chi connectivity index (χ2n) is 20.4. The molecule has 3 aromatic rings. The fourth-order valence-electron chi connectivity index (χ4n) is 9.51. The molecule has 274 valence electrons. The van der Waals surface area contributed by atoms with Gasteiger partial charge in [-0.1, -0.05) is 141 Å². The Labute approximate surface area is 316 Å². The smallest absolute Gasteiger partial charge is 0.0792 e. The van der Waals surface area contributed by atoms with Gasteiger partial charge >= 0.3 is 0 Å². The molecule has 0 radical (unpaired) electrons. The summed E-state index contributed by atoms with van der Waals surface area (Å²) >= 11 is 0. The van der Waals surface area contributed by atoms with Gasteiger partial charge in [0, 0.05) is 33.6 Å². The molecule has 0 amide bonds. The lowest BCUT2D eigenvalue weighted by atomic mass is 9.83. The lowest BCUT2D eigenvalue weighted by molar-refractivity contribution is 0.500. The molecule has 2 nitrogen and oxygen atoms in total. The van der Waals surface area contributed by atoms with Gasteiger partial charge in [-0.15, -0.1) is 0 Å². The van der Waals surface area contributed by atoms with E-state index >= 15 is 0 Å². The second-order valence-corrected chi connectivity index (χ2v) is 20.4. The first-order chi connectivity index (χ1) is 23.8. The number of hydrogen-bond donors (Lipinski definition) is 0. The van der Waals surface area contributed by atoms with Crippen LogP contribution >= 0.6 is 0 Å². The van der Waals surface area contributed by atoms with E-state index in [2.05, 4.69) is 206 Å². The van der Waals surface area contributed by atoms with Crippen molar-refractivity contribution in [2.24, 2.45) is 16.2 Å². The summed E-state index contributed by atoms with van der Waals surface area (Å²) in [5.74, 6) is 0. The fourth-order valence-corrected chi connectivity index (χ4v) is 9.51. The summed E-state index contributed by atoms with van der Waals surface area (Å²) in [6, 6.07) is 19.2. The van der Waals surface area contributed by atoms with E-state index in [0.717, 1.165) is 6.42 Å². The highest BCUT2D eigenvalue weighted by Gasteiger charge is 2.64. The Kier molecular flexibility index (Phi) is 7.83. The molecule has 0 aliphatic heterocycles. The average Bonchev–Trinajstić information content (AvgIpc) is 3.82. The maximum absolute atomic E-state index is 2.62. The number of hydrogen-bond acceptors (Lipinski definition) is 2. The molecule has 0 aromatic heterocycles. The van der Waals surface area contributed by atoms with E-state index in [4.69, 9.17) is 0 Å². The van der Waals surface area contributed by atoms with E-state index in [1.807, 2.05) is 0 Å². The molecule has 4 atom stereocenters. The van der Waals surface area contributed by atoms with Crippen molar-refractivity contribution < 1.29 is 0 Å². The van der Waals surface area contributed by atoms with Crippen molar-refractivity contribution in [2.45, 2.75) is 139 Å². The van der Waals surface area contributed by atoms with Crippen LogP contribution in [0.5, 0.6) is 0 Å². The van der Waals surface area contributed by atoms with Gasteiger partial charge in [-0.05, 0) is 122 Å². The van der Waals surface area contributed by atoms with E-state index in [1.165, 1.54) is 56.1 Å². The summed E-state index contributed by atoms with van der Waals surface area (Å²) in [5, 5.41) is 0. The van der Waals surface area contributed by atoms with Crippen molar-refractivity contribution in [3.05, 3.63) is 130 Å². The Hall–Kier alpha value is -3.78. The number of aryl methyl sites for hydroxylation is 4. The fraction of sp³-hybridized carbons (Fsp3) is 0.480. The van der Waals surface area contributed by atoms with Crippen LogP contribution in [0.3, 0.4) is 0 Å². The molecule has 4 unspecified atom stereocenters. The van der Waals surface area contributed by atoms with Gasteiger partial charge in [0.25, 0.3) is 0 Å². The highest BCUT2D eigenvalue weighted by molar-refractivity contribution is 5.80. The molecule has 7 rings (SSSR count). The maximum Gasteiger partial charge on any atom is 0.0792 e. The SMILES string of the molecule is Cc1cc(C(C)(C)C)cc(C)c1N(c1ccc(N(c2c(C)cc(C(C)(C)C)cc2C)C2(C)C=CC3(C)C(=C2)C3(C)C)cc1)C1(C)C=CC2(C)CC2=C1. The van der Waals surface area contributed by atoms with Crippen molar-refractivity contribution in [1.82, 2.24) is 0 Å². The van der Waals surface area contributed by atoms with E-state index in [0.29, 0.717) is 0 Å². The largest absolute Gasteiger partial charge is 0.328 e. The Morgan fingerprint density at radius 2 is 0.904 bits per heavy atom. The highest BCUT2D eigenvalue weighted by Crippen LogP contribution is 2.71. The number of fused-ring (bicyclic) bond motifs is 2. The van der Waals surface area contributed by atoms with Gasteiger partial charge < -0.3 is 9.80 Å². The quantitative estimate of drug-likeness (QED) is 0.237. The van der Waals surface area contributed by atoms with Crippen molar-refractivity contribution in [2.75, 3.05) is 9.80 Å². The minimum Gasteiger partial charge on any atom is -0.328 e. The molecule has 3 aromatic carbocycles. The zero-order valence-electron chi connectivity index (χ0n) is 35.2. The topological polar surface area (TPSA) is 6.48 Å². The van der Waals surface area contributed by atoms with Crippen LogP contribution in [0, 0.1) is 43.9 Å². The van der Waals surface area contributed by atoms with E-state index in [-0.39, 0.29) is 38.2 Å². The summed E-state index contributed by atoms with van der Waals surface area (Å²) in [4.78, 5) is 5.22. The predicted octanol–water partition coefficient (Wildman–Crippen LogP) is 13.8. The van der Waals surface area contributed by atoms with Crippen LogP contribution in [-0.4, -0.2) is 11.1 Å². The molecule has 2 saturated carbocycles. The summed E-state index contributed by atoms with van der Waals surface area (Å²) in [5.41, 5.74) is 16.3. The summed E-state index contributed by atoms with van der Waals surface area (Å²) in [6.07, 6.45) is 16.1. The third-order valence-electron chi connectivity index (χ3n) is 13.6. The molecule has 0 saturated heterocycles. The number of anilines is 4. The number of nitrogens with zero attached hydrogens (tertiary/aromatic N) is 2. The van der Waals surface area contributed by atoms with Crippen LogP contribution in [0.2, 0.25) is 0 Å². The molecule has 0 N–H and O–H groups in total. The molecule has 0 bridgehead atoms. The Balaban J connectivity index is 1.39. The van der Waals surface area contributed by atoms with Gasteiger partial charge in [-0.25, -0.2) is 0 Å². The number of rotatable bonds is 6. The molecular weight excluding hydrogens is 629 g/mol. The summed E-state index contributed by atoms with van der Waals surface area (Å²) in [7, 11) is 0. The van der Waals surface area contributed by atoms with Crippen molar-refractivity contribution in [3.63, 3.8) is 0 Å². The Morgan fingerprint density at radius 3 is 1.27 bits per heavy atom. The summed E-state index contributed by atoms with van der Waals surface area (Å²) in [6.45, 7) is 37.5. The van der Waals surface area contributed by atoms with Crippen LogP contribution in [0.4, 0.5) is 22.7 Å². The van der Waals surface area contributed by atoms with Crippen molar-refractivity contribution in [1.29, 1.82) is 0 Å². The molecular formula is C50H64N2. The highest BCUT2D eigenvalue weighted by atomic mass is 15.2. The number of allylic oxidation sites excluding steroid dienone is 4. The van der Waals surface area contributed by atoms with Crippen molar-refractivity contribution in [3.8, 4) is 0 Å². The predicted molar refractivity (Wildman–Crippen MR) is 226 cm³/mol. The van der Waals surface area contributed by atoms with Gasteiger partial charge in [0.15, 0.2) is 0 Å². The third-order valence-corrected chi connectivity index (χ3v) is 13.6. The van der Waals surface area contributed by atoms with Crippen LogP contribution in [0.1, 0.15) is 123 Å². The van der Waals surface area contributed by atoms with Gasteiger partial charge in [0.2, 0.25) is 0 Å². The minimum absolute atomic E-state index is 0.0820. The van der Waals surface area contributed by atoms with Gasteiger partial charge in [-0.2, -0.15) is 0 Å². The second kappa shape index (κ2) is 11.1. The molecule has 4 aliphatic carbocycles. The normalized spacial score (nSPS) is 28.5. The molecule has 2 heteroatoms. The molecule has 52 heavy (non-hydrogen) atoms. The van der Waals surface area contributed by atoms with E-state index in [9.17, 15) is 0 Å².